The Labute approximate surface area is 142 Å². The number of nitrogens with zero attached hydrogens (tertiary/aromatic N) is 4. The van der Waals surface area contributed by atoms with E-state index in [2.05, 4.69) is 29.7 Å². The van der Waals surface area contributed by atoms with Gasteiger partial charge in [-0.15, -0.1) is 6.42 Å². The van der Waals surface area contributed by atoms with Crippen molar-refractivity contribution < 1.29 is 0 Å². The number of hydrazine groups is 1. The first-order chi connectivity index (χ1) is 11.6. The average Bonchev–Trinajstić information content (AvgIpc) is 2.60. The van der Waals surface area contributed by atoms with Gasteiger partial charge >= 0.3 is 5.69 Å². The minimum absolute atomic E-state index is 0.137. The van der Waals surface area contributed by atoms with Crippen molar-refractivity contribution in [2.75, 3.05) is 11.6 Å². The van der Waals surface area contributed by atoms with Crippen LogP contribution in [0.15, 0.2) is 23.0 Å². The number of benzene rings is 1. The molecule has 0 fully saturated rings. The van der Waals surface area contributed by atoms with Gasteiger partial charge in [-0.3, -0.25) is 5.01 Å². The molecule has 0 aliphatic heterocycles. The van der Waals surface area contributed by atoms with Crippen molar-refractivity contribution in [3.63, 3.8) is 0 Å². The van der Waals surface area contributed by atoms with Crippen LogP contribution < -0.4 is 16.5 Å². The van der Waals surface area contributed by atoms with Crippen LogP contribution >= 0.6 is 0 Å². The molecule has 2 aromatic rings. The average molecular weight is 325 g/mol. The van der Waals surface area contributed by atoms with E-state index < -0.39 is 0 Å². The minimum atomic E-state index is -0.389. The van der Waals surface area contributed by atoms with E-state index in [-0.39, 0.29) is 18.2 Å². The van der Waals surface area contributed by atoms with Crippen molar-refractivity contribution in [2.24, 2.45) is 5.84 Å². The first kappa shape index (κ1) is 17.7. The van der Waals surface area contributed by atoms with Crippen LogP contribution in [0.1, 0.15) is 37.7 Å². The maximum Gasteiger partial charge on any atom is 0.356 e. The van der Waals surface area contributed by atoms with E-state index in [0.29, 0.717) is 12.2 Å². The number of aryl methyl sites for hydroxylation is 3. The van der Waals surface area contributed by atoms with Crippen molar-refractivity contribution in [1.29, 1.82) is 0 Å². The van der Waals surface area contributed by atoms with E-state index in [1.165, 1.54) is 5.01 Å². The summed E-state index contributed by atoms with van der Waals surface area (Å²) in [6, 6.07) is 6.07. The number of hydrogen-bond acceptors (Lipinski definition) is 5. The molecule has 0 spiro atoms. The van der Waals surface area contributed by atoms with Gasteiger partial charge in [0.1, 0.15) is 5.82 Å². The second-order valence-electron chi connectivity index (χ2n) is 5.38. The molecule has 1 heterocycles. The molecule has 0 bridgehead atoms. The molecular weight excluding hydrogens is 302 g/mol. The Balaban J connectivity index is 2.73. The lowest BCUT2D eigenvalue weighted by Crippen LogP contribution is -2.37. The standard InChI is InChI=1S/C18H23N5O/c1-5-12-22(19)17-20-15(8-4)23(18(24)21-17)16-13(6-2)10-9-11-14(16)7-3/h1,9-11H,6-8,12,19H2,2-4H3. The number of nitrogens with two attached hydrogens (primary N) is 1. The lowest BCUT2D eigenvalue weighted by atomic mass is 10.0. The monoisotopic (exact) mass is 325 g/mol. The zero-order valence-electron chi connectivity index (χ0n) is 14.4. The molecule has 0 radical (unpaired) electrons. The Hall–Kier alpha value is -2.65. The highest BCUT2D eigenvalue weighted by Gasteiger charge is 2.17. The van der Waals surface area contributed by atoms with Crippen molar-refractivity contribution in [3.05, 3.63) is 45.6 Å². The summed E-state index contributed by atoms with van der Waals surface area (Å²) in [6.45, 7) is 6.22. The summed E-state index contributed by atoms with van der Waals surface area (Å²) in [5.41, 5.74) is 2.68. The minimum Gasteiger partial charge on any atom is -0.266 e. The summed E-state index contributed by atoms with van der Waals surface area (Å²) in [5, 5.41) is 1.21. The lowest BCUT2D eigenvalue weighted by molar-refractivity contribution is 0.732. The molecule has 1 aromatic carbocycles. The molecule has 0 saturated carbocycles. The molecule has 126 valence electrons. The van der Waals surface area contributed by atoms with Crippen LogP contribution in [-0.2, 0) is 19.3 Å². The lowest BCUT2D eigenvalue weighted by Gasteiger charge is -2.20. The fourth-order valence-electron chi connectivity index (χ4n) is 2.70. The Morgan fingerprint density at radius 2 is 1.79 bits per heavy atom. The Kier molecular flexibility index (Phi) is 5.72. The van der Waals surface area contributed by atoms with Crippen LogP contribution in [0.4, 0.5) is 5.95 Å². The van der Waals surface area contributed by atoms with Gasteiger partial charge < -0.3 is 0 Å². The van der Waals surface area contributed by atoms with Crippen LogP contribution in [0.3, 0.4) is 0 Å². The number of terminal acetylenes is 1. The van der Waals surface area contributed by atoms with E-state index in [1.54, 1.807) is 4.57 Å². The fourth-order valence-corrected chi connectivity index (χ4v) is 2.70. The predicted octanol–water partition coefficient (Wildman–Crippen LogP) is 1.63. The second kappa shape index (κ2) is 7.75. The Bertz CT molecular complexity index is 797. The van der Waals surface area contributed by atoms with E-state index in [9.17, 15) is 4.79 Å². The number of aromatic nitrogens is 3. The number of anilines is 1. The fraction of sp³-hybridized carbons (Fsp3) is 0.389. The molecule has 2 rings (SSSR count). The number of para-hydroxylation sites is 1. The Morgan fingerprint density at radius 3 is 2.29 bits per heavy atom. The Morgan fingerprint density at radius 1 is 1.17 bits per heavy atom. The zero-order valence-corrected chi connectivity index (χ0v) is 14.4. The summed E-state index contributed by atoms with van der Waals surface area (Å²) >= 11 is 0. The van der Waals surface area contributed by atoms with E-state index in [1.807, 2.05) is 25.1 Å². The van der Waals surface area contributed by atoms with Gasteiger partial charge in [0.25, 0.3) is 0 Å². The molecule has 0 atom stereocenters. The van der Waals surface area contributed by atoms with Gasteiger partial charge in [-0.1, -0.05) is 44.9 Å². The van der Waals surface area contributed by atoms with Crippen LogP contribution in [0, 0.1) is 12.3 Å². The summed E-state index contributed by atoms with van der Waals surface area (Å²) in [5.74, 6) is 9.00. The third-order valence-electron chi connectivity index (χ3n) is 3.90. The summed E-state index contributed by atoms with van der Waals surface area (Å²) in [6.07, 6.45) is 7.48. The van der Waals surface area contributed by atoms with Crippen LogP contribution in [0.5, 0.6) is 0 Å². The molecule has 0 saturated heterocycles. The van der Waals surface area contributed by atoms with Crippen LogP contribution in [-0.4, -0.2) is 21.1 Å². The van der Waals surface area contributed by atoms with Crippen molar-refractivity contribution in [1.82, 2.24) is 14.5 Å². The predicted molar refractivity (Wildman–Crippen MR) is 96.1 cm³/mol. The molecule has 0 aliphatic rings. The summed E-state index contributed by atoms with van der Waals surface area (Å²) in [7, 11) is 0. The maximum atomic E-state index is 12.7. The van der Waals surface area contributed by atoms with Crippen molar-refractivity contribution in [3.8, 4) is 18.0 Å². The van der Waals surface area contributed by atoms with E-state index in [0.717, 1.165) is 29.7 Å². The third-order valence-corrected chi connectivity index (χ3v) is 3.90. The van der Waals surface area contributed by atoms with E-state index in [4.69, 9.17) is 12.3 Å². The first-order valence-electron chi connectivity index (χ1n) is 8.14. The van der Waals surface area contributed by atoms with Gasteiger partial charge in [-0.05, 0) is 24.0 Å². The maximum absolute atomic E-state index is 12.7. The smallest absolute Gasteiger partial charge is 0.266 e. The van der Waals surface area contributed by atoms with Crippen molar-refractivity contribution in [2.45, 2.75) is 40.0 Å². The molecule has 0 unspecified atom stereocenters. The summed E-state index contributed by atoms with van der Waals surface area (Å²) < 4.78 is 1.60. The van der Waals surface area contributed by atoms with Crippen molar-refractivity contribution >= 4 is 5.95 Å². The van der Waals surface area contributed by atoms with Gasteiger partial charge in [0, 0.05) is 6.42 Å². The van der Waals surface area contributed by atoms with Gasteiger partial charge in [0.05, 0.1) is 12.2 Å². The first-order valence-corrected chi connectivity index (χ1v) is 8.14. The third kappa shape index (κ3) is 3.31. The number of rotatable bonds is 6. The zero-order chi connectivity index (χ0) is 17.7. The molecule has 0 aliphatic carbocycles. The topological polar surface area (TPSA) is 77.0 Å². The largest absolute Gasteiger partial charge is 0.356 e. The molecule has 6 heteroatoms. The molecule has 6 nitrogen and oxygen atoms in total. The highest BCUT2D eigenvalue weighted by Crippen LogP contribution is 2.21. The SMILES string of the molecule is C#CCN(N)c1nc(CC)n(-c2c(CC)cccc2CC)c(=O)n1. The van der Waals surface area contributed by atoms with E-state index >= 15 is 0 Å². The highest BCUT2D eigenvalue weighted by molar-refractivity contribution is 5.49. The van der Waals surface area contributed by atoms with Gasteiger partial charge in [0.2, 0.25) is 5.95 Å². The molecule has 2 N–H and O–H groups in total. The van der Waals surface area contributed by atoms with Gasteiger partial charge in [-0.2, -0.15) is 9.97 Å². The van der Waals surface area contributed by atoms with Gasteiger partial charge in [0.15, 0.2) is 0 Å². The van der Waals surface area contributed by atoms with Crippen LogP contribution in [0.2, 0.25) is 0 Å². The summed E-state index contributed by atoms with van der Waals surface area (Å²) in [4.78, 5) is 21.2. The molecule has 1 aromatic heterocycles. The number of hydrogen-bond donors (Lipinski definition) is 1. The van der Waals surface area contributed by atoms with Gasteiger partial charge in [-0.25, -0.2) is 15.2 Å². The molecule has 0 amide bonds. The highest BCUT2D eigenvalue weighted by atomic mass is 16.1. The normalized spacial score (nSPS) is 10.5. The second-order valence-corrected chi connectivity index (χ2v) is 5.38. The molecule has 24 heavy (non-hydrogen) atoms. The van der Waals surface area contributed by atoms with Crippen LogP contribution in [0.25, 0.3) is 5.69 Å². The quantitative estimate of drug-likeness (QED) is 0.496. The molecular formula is C18H23N5O.